The predicted octanol–water partition coefficient (Wildman–Crippen LogP) is 3.12. The highest BCUT2D eigenvalue weighted by atomic mass is 32.1. The van der Waals surface area contributed by atoms with Gasteiger partial charge in [0.15, 0.2) is 5.75 Å². The van der Waals surface area contributed by atoms with Gasteiger partial charge in [0.2, 0.25) is 5.82 Å². The van der Waals surface area contributed by atoms with Gasteiger partial charge in [0.05, 0.1) is 22.7 Å². The normalized spacial score (nSPS) is 10.4. The maximum Gasteiger partial charge on any atom is 0.346 e. The molecule has 1 aromatic carbocycles. The maximum absolute atomic E-state index is 13.3. The second-order valence-corrected chi connectivity index (χ2v) is 4.74. The molecular formula is C12H11FN2O3S. The monoisotopic (exact) mass is 282 g/mol. The minimum absolute atomic E-state index is 0.0489. The third-order valence-corrected chi connectivity index (χ3v) is 3.56. The lowest BCUT2D eigenvalue weighted by molar-refractivity contribution is -0.388. The number of rotatable bonds is 5. The first kappa shape index (κ1) is 13.4. The Bertz CT molecular complexity index is 600. The molecule has 0 aliphatic heterocycles. The Hall–Kier alpha value is -2.02. The van der Waals surface area contributed by atoms with E-state index in [-0.39, 0.29) is 12.4 Å². The molecule has 0 radical (unpaired) electrons. The highest BCUT2D eigenvalue weighted by Gasteiger charge is 2.21. The molecule has 5 nitrogen and oxygen atoms in total. The number of aryl methyl sites for hydroxylation is 1. The Morgan fingerprint density at radius 1 is 1.53 bits per heavy atom. The zero-order chi connectivity index (χ0) is 13.8. The van der Waals surface area contributed by atoms with Crippen LogP contribution in [0.2, 0.25) is 0 Å². The summed E-state index contributed by atoms with van der Waals surface area (Å²) >= 11 is 1.50. The van der Waals surface area contributed by atoms with Gasteiger partial charge in [0.1, 0.15) is 0 Å². The van der Waals surface area contributed by atoms with E-state index in [0.29, 0.717) is 6.42 Å². The minimum Gasteiger partial charge on any atom is -0.486 e. The van der Waals surface area contributed by atoms with E-state index in [9.17, 15) is 14.5 Å². The Kier molecular flexibility index (Phi) is 4.06. The molecule has 0 N–H and O–H groups in total. The van der Waals surface area contributed by atoms with Crippen molar-refractivity contribution in [3.05, 3.63) is 50.2 Å². The van der Waals surface area contributed by atoms with Crippen LogP contribution >= 0.6 is 11.3 Å². The topological polar surface area (TPSA) is 65.3 Å². The van der Waals surface area contributed by atoms with E-state index in [2.05, 4.69) is 4.98 Å². The van der Waals surface area contributed by atoms with E-state index in [1.54, 1.807) is 5.51 Å². The quantitative estimate of drug-likeness (QED) is 0.624. The third-order valence-electron chi connectivity index (χ3n) is 2.56. The first-order chi connectivity index (χ1) is 9.09. The van der Waals surface area contributed by atoms with Crippen LogP contribution in [0.25, 0.3) is 0 Å². The SMILES string of the molecule is Cc1ncsc1CCOc1cccc(F)c1[N+](=O)[O-]. The molecule has 0 atom stereocenters. The van der Waals surface area contributed by atoms with Gasteiger partial charge in [0.25, 0.3) is 0 Å². The first-order valence-electron chi connectivity index (χ1n) is 5.54. The van der Waals surface area contributed by atoms with Crippen LogP contribution in [0.1, 0.15) is 10.6 Å². The fourth-order valence-electron chi connectivity index (χ4n) is 1.61. The molecule has 0 aliphatic rings. The molecule has 19 heavy (non-hydrogen) atoms. The second kappa shape index (κ2) is 5.75. The van der Waals surface area contributed by atoms with Crippen LogP contribution in [0.5, 0.6) is 5.75 Å². The van der Waals surface area contributed by atoms with Crippen molar-refractivity contribution < 1.29 is 14.1 Å². The molecule has 0 saturated carbocycles. The van der Waals surface area contributed by atoms with Gasteiger partial charge in [-0.1, -0.05) is 6.07 Å². The van der Waals surface area contributed by atoms with Gasteiger partial charge < -0.3 is 4.74 Å². The van der Waals surface area contributed by atoms with E-state index in [0.717, 1.165) is 16.6 Å². The number of hydrogen-bond acceptors (Lipinski definition) is 5. The van der Waals surface area contributed by atoms with Crippen LogP contribution in [0.15, 0.2) is 23.7 Å². The van der Waals surface area contributed by atoms with Crippen LogP contribution in [0.4, 0.5) is 10.1 Å². The molecule has 0 unspecified atom stereocenters. The van der Waals surface area contributed by atoms with Crippen LogP contribution in [0.3, 0.4) is 0 Å². The van der Waals surface area contributed by atoms with Crippen LogP contribution < -0.4 is 4.74 Å². The van der Waals surface area contributed by atoms with Gasteiger partial charge in [-0.25, -0.2) is 4.98 Å². The lowest BCUT2D eigenvalue weighted by Crippen LogP contribution is -2.04. The summed E-state index contributed by atoms with van der Waals surface area (Å²) in [5, 5.41) is 10.8. The molecule has 1 aromatic heterocycles. The molecule has 2 rings (SSSR count). The lowest BCUT2D eigenvalue weighted by atomic mass is 10.3. The van der Waals surface area contributed by atoms with Gasteiger partial charge in [-0.2, -0.15) is 4.39 Å². The minimum atomic E-state index is -0.892. The zero-order valence-corrected chi connectivity index (χ0v) is 10.9. The van der Waals surface area contributed by atoms with Crippen molar-refractivity contribution in [2.45, 2.75) is 13.3 Å². The highest BCUT2D eigenvalue weighted by molar-refractivity contribution is 7.09. The van der Waals surface area contributed by atoms with Crippen molar-refractivity contribution in [1.29, 1.82) is 0 Å². The average Bonchev–Trinajstić information content (AvgIpc) is 2.75. The number of thiazole rings is 1. The predicted molar refractivity (Wildman–Crippen MR) is 69.1 cm³/mol. The lowest BCUT2D eigenvalue weighted by Gasteiger charge is -2.06. The number of hydrogen-bond donors (Lipinski definition) is 0. The molecule has 2 aromatic rings. The summed E-state index contributed by atoms with van der Waals surface area (Å²) in [5.74, 6) is -0.941. The summed E-state index contributed by atoms with van der Waals surface area (Å²) in [6.45, 7) is 2.13. The van der Waals surface area contributed by atoms with E-state index in [1.807, 2.05) is 6.92 Å². The zero-order valence-electron chi connectivity index (χ0n) is 10.1. The van der Waals surface area contributed by atoms with Crippen molar-refractivity contribution in [2.24, 2.45) is 0 Å². The summed E-state index contributed by atoms with van der Waals surface area (Å²) in [5.41, 5.74) is 2.03. The van der Waals surface area contributed by atoms with Gasteiger partial charge in [-0.05, 0) is 19.1 Å². The summed E-state index contributed by atoms with van der Waals surface area (Å²) in [7, 11) is 0. The van der Waals surface area contributed by atoms with E-state index < -0.39 is 16.4 Å². The summed E-state index contributed by atoms with van der Waals surface area (Å²) in [4.78, 5) is 15.1. The van der Waals surface area contributed by atoms with Crippen molar-refractivity contribution in [3.8, 4) is 5.75 Å². The van der Waals surface area contributed by atoms with Crippen molar-refractivity contribution in [1.82, 2.24) is 4.98 Å². The standard InChI is InChI=1S/C12H11FN2O3S/c1-8-11(19-7-14-8)5-6-18-10-4-2-3-9(13)12(10)15(16)17/h2-4,7H,5-6H2,1H3. The van der Waals surface area contributed by atoms with E-state index in [4.69, 9.17) is 4.74 Å². The average molecular weight is 282 g/mol. The Morgan fingerprint density at radius 2 is 2.32 bits per heavy atom. The van der Waals surface area contributed by atoms with Crippen molar-refractivity contribution >= 4 is 17.0 Å². The number of nitrogens with zero attached hydrogens (tertiary/aromatic N) is 2. The van der Waals surface area contributed by atoms with Crippen LogP contribution in [-0.2, 0) is 6.42 Å². The van der Waals surface area contributed by atoms with Crippen LogP contribution in [0, 0.1) is 22.9 Å². The van der Waals surface area contributed by atoms with Gasteiger partial charge >= 0.3 is 5.69 Å². The Morgan fingerprint density at radius 3 is 2.95 bits per heavy atom. The van der Waals surface area contributed by atoms with Crippen LogP contribution in [-0.4, -0.2) is 16.5 Å². The molecule has 1 heterocycles. The molecule has 0 bridgehead atoms. The maximum atomic E-state index is 13.3. The Balaban J connectivity index is 2.06. The number of aromatic nitrogens is 1. The first-order valence-corrected chi connectivity index (χ1v) is 6.42. The largest absolute Gasteiger partial charge is 0.486 e. The molecule has 0 aliphatic carbocycles. The molecule has 0 saturated heterocycles. The number of para-hydroxylation sites is 1. The van der Waals surface area contributed by atoms with Gasteiger partial charge in [0, 0.05) is 11.3 Å². The molecule has 0 spiro atoms. The molecule has 7 heteroatoms. The van der Waals surface area contributed by atoms with Gasteiger partial charge in [-0.3, -0.25) is 10.1 Å². The number of halogens is 1. The van der Waals surface area contributed by atoms with E-state index in [1.165, 1.54) is 23.5 Å². The second-order valence-electron chi connectivity index (χ2n) is 3.80. The molecular weight excluding hydrogens is 271 g/mol. The van der Waals surface area contributed by atoms with Crippen molar-refractivity contribution in [2.75, 3.05) is 6.61 Å². The van der Waals surface area contributed by atoms with Gasteiger partial charge in [-0.15, -0.1) is 11.3 Å². The molecule has 0 fully saturated rings. The highest BCUT2D eigenvalue weighted by Crippen LogP contribution is 2.29. The fraction of sp³-hybridized carbons (Fsp3) is 0.250. The number of benzene rings is 1. The number of nitro benzene ring substituents is 1. The third kappa shape index (κ3) is 3.05. The Labute approximate surface area is 112 Å². The summed E-state index contributed by atoms with van der Waals surface area (Å²) in [6, 6.07) is 3.81. The number of ether oxygens (including phenoxy) is 1. The van der Waals surface area contributed by atoms with E-state index >= 15 is 0 Å². The molecule has 100 valence electrons. The fourth-order valence-corrected chi connectivity index (χ4v) is 2.37. The summed E-state index contributed by atoms with van der Waals surface area (Å²) in [6.07, 6.45) is 0.587. The van der Waals surface area contributed by atoms with Crippen molar-refractivity contribution in [3.63, 3.8) is 0 Å². The number of nitro groups is 1. The molecule has 0 amide bonds. The summed E-state index contributed by atoms with van der Waals surface area (Å²) < 4.78 is 18.6. The smallest absolute Gasteiger partial charge is 0.346 e.